The number of nitriles is 1. The Morgan fingerprint density at radius 3 is 2.50 bits per heavy atom. The maximum absolute atomic E-state index is 13.1. The quantitative estimate of drug-likeness (QED) is 0.216. The lowest BCUT2D eigenvalue weighted by atomic mass is 9.74. The van der Waals surface area contributed by atoms with Crippen molar-refractivity contribution in [3.05, 3.63) is 95.1 Å². The standard InChI is InChI=1S/C34H38N2O2.C9H5N3/c1-20(37)25-3-2-4-26-27(25)11-13-29-28(26)12-14-30-31(21-5-6-21)17-24(18-32(29)30)35-15-16-36(34(38)23-9-10-23)33(19-35)22-7-8-22;10-3-7-4-12-6-8-5-11-2-1-9(7)8/h2,4,12,14,17-18,21-23,25,33H,3,5-11,13,15-16,19H2,1H3;1-2,4-6H/t25-,33?;/m0./s1. The van der Waals surface area contributed by atoms with Crippen LogP contribution in [0.5, 0.6) is 0 Å². The molecule has 0 bridgehead atoms. The van der Waals surface area contributed by atoms with Gasteiger partial charge >= 0.3 is 0 Å². The zero-order chi connectivity index (χ0) is 33.9. The molecule has 252 valence electrons. The van der Waals surface area contributed by atoms with Gasteiger partial charge < -0.3 is 9.80 Å². The average molecular weight is 662 g/mol. The average Bonchev–Trinajstić information content (AvgIpc) is 3.98. The van der Waals surface area contributed by atoms with Crippen LogP contribution in [0.25, 0.3) is 27.1 Å². The van der Waals surface area contributed by atoms with Crippen LogP contribution in [0.3, 0.4) is 0 Å². The van der Waals surface area contributed by atoms with Gasteiger partial charge in [-0.1, -0.05) is 29.9 Å². The van der Waals surface area contributed by atoms with Gasteiger partial charge in [-0.05, 0) is 128 Å². The molecule has 2 aromatic heterocycles. The van der Waals surface area contributed by atoms with E-state index in [0.717, 1.165) is 62.5 Å². The topological polar surface area (TPSA) is 90.2 Å². The third kappa shape index (κ3) is 5.69. The predicted octanol–water partition coefficient (Wildman–Crippen LogP) is 7.92. The third-order valence-corrected chi connectivity index (χ3v) is 12.0. The summed E-state index contributed by atoms with van der Waals surface area (Å²) < 4.78 is 0. The largest absolute Gasteiger partial charge is 0.368 e. The molecule has 2 aromatic carbocycles. The summed E-state index contributed by atoms with van der Waals surface area (Å²) in [6.07, 6.45) is 21.3. The molecule has 4 aromatic rings. The van der Waals surface area contributed by atoms with Gasteiger partial charge in [-0.25, -0.2) is 0 Å². The van der Waals surface area contributed by atoms with Crippen LogP contribution in [0.4, 0.5) is 5.69 Å². The highest BCUT2D eigenvalue weighted by atomic mass is 16.2. The van der Waals surface area contributed by atoms with Gasteiger partial charge in [-0.2, -0.15) is 5.26 Å². The van der Waals surface area contributed by atoms with E-state index >= 15 is 0 Å². The van der Waals surface area contributed by atoms with E-state index in [0.29, 0.717) is 41.0 Å². The molecule has 0 spiro atoms. The molecule has 3 heterocycles. The van der Waals surface area contributed by atoms with E-state index in [1.807, 2.05) is 6.07 Å². The molecule has 7 nitrogen and oxygen atoms in total. The first-order valence-corrected chi connectivity index (χ1v) is 18.6. The summed E-state index contributed by atoms with van der Waals surface area (Å²) >= 11 is 0. The molecule has 5 aliphatic carbocycles. The molecule has 1 aliphatic heterocycles. The minimum atomic E-state index is 0.0567. The summed E-state index contributed by atoms with van der Waals surface area (Å²) in [5, 5.41) is 13.4. The molecule has 2 atom stereocenters. The summed E-state index contributed by atoms with van der Waals surface area (Å²) in [6.45, 7) is 4.54. The molecule has 1 amide bonds. The van der Waals surface area contributed by atoms with Crippen molar-refractivity contribution in [2.75, 3.05) is 24.5 Å². The Morgan fingerprint density at radius 1 is 0.900 bits per heavy atom. The SMILES string of the molecule is CC(=O)[C@@H]1CC=CC2=C1CCc1c2ccc2c(C3CC3)cc(N3CCN(C(=O)C4CC4)C(C4CC4)C3)cc12.N#Cc1cncc2cnccc12. The van der Waals surface area contributed by atoms with Crippen molar-refractivity contribution in [3.8, 4) is 6.07 Å². The van der Waals surface area contributed by atoms with Crippen LogP contribution in [0, 0.1) is 29.1 Å². The van der Waals surface area contributed by atoms with Crippen LogP contribution < -0.4 is 4.90 Å². The number of amides is 1. The van der Waals surface area contributed by atoms with Crippen molar-refractivity contribution in [2.45, 2.75) is 76.7 Å². The minimum absolute atomic E-state index is 0.0567. The van der Waals surface area contributed by atoms with E-state index in [-0.39, 0.29) is 5.92 Å². The van der Waals surface area contributed by atoms with E-state index in [2.05, 4.69) is 62.3 Å². The van der Waals surface area contributed by atoms with Crippen LogP contribution >= 0.6 is 0 Å². The fraction of sp³-hybridized carbons (Fsp3) is 0.419. The van der Waals surface area contributed by atoms with Crippen molar-refractivity contribution in [2.24, 2.45) is 17.8 Å². The number of aryl methyl sites for hydroxylation is 1. The first kappa shape index (κ1) is 31.2. The molecule has 6 aliphatic rings. The lowest BCUT2D eigenvalue weighted by Crippen LogP contribution is -2.56. The highest BCUT2D eigenvalue weighted by Crippen LogP contribution is 2.49. The second kappa shape index (κ2) is 12.5. The van der Waals surface area contributed by atoms with Gasteiger partial charge in [0.25, 0.3) is 0 Å². The van der Waals surface area contributed by atoms with E-state index in [9.17, 15) is 9.59 Å². The summed E-state index contributed by atoms with van der Waals surface area (Å²) in [4.78, 5) is 38.2. The van der Waals surface area contributed by atoms with Gasteiger partial charge in [0.05, 0.1) is 11.6 Å². The van der Waals surface area contributed by atoms with Crippen LogP contribution in [0.15, 0.2) is 72.8 Å². The summed E-state index contributed by atoms with van der Waals surface area (Å²) in [5.74, 6) is 2.47. The lowest BCUT2D eigenvalue weighted by molar-refractivity contribution is -0.135. The number of hydrogen-bond acceptors (Lipinski definition) is 6. The number of pyridine rings is 2. The number of ketones is 1. The molecule has 7 heteroatoms. The smallest absolute Gasteiger partial charge is 0.226 e. The maximum atomic E-state index is 13.1. The first-order chi connectivity index (χ1) is 24.5. The van der Waals surface area contributed by atoms with Crippen molar-refractivity contribution in [3.63, 3.8) is 0 Å². The van der Waals surface area contributed by atoms with E-state index < -0.39 is 0 Å². The number of anilines is 1. The minimum Gasteiger partial charge on any atom is -0.368 e. The second-order valence-electron chi connectivity index (χ2n) is 15.3. The monoisotopic (exact) mass is 661 g/mol. The Balaban J connectivity index is 0.000000237. The van der Waals surface area contributed by atoms with Gasteiger partial charge in [-0.15, -0.1) is 0 Å². The molecule has 0 N–H and O–H groups in total. The van der Waals surface area contributed by atoms with Gasteiger partial charge in [0, 0.05) is 72.7 Å². The number of Topliss-reactive ketones (excluding diaryl/α,β-unsaturated/α-hetero) is 1. The normalized spacial score (nSPS) is 22.8. The zero-order valence-electron chi connectivity index (χ0n) is 28.8. The fourth-order valence-corrected chi connectivity index (χ4v) is 8.82. The fourth-order valence-electron chi connectivity index (χ4n) is 8.82. The molecule has 50 heavy (non-hydrogen) atoms. The van der Waals surface area contributed by atoms with Crippen molar-refractivity contribution >= 4 is 44.5 Å². The number of rotatable bonds is 5. The Hall–Kier alpha value is -4.83. The van der Waals surface area contributed by atoms with Crippen molar-refractivity contribution in [1.82, 2.24) is 14.9 Å². The van der Waals surface area contributed by atoms with Crippen molar-refractivity contribution in [1.29, 1.82) is 5.26 Å². The molecule has 1 saturated heterocycles. The van der Waals surface area contributed by atoms with Crippen LogP contribution in [-0.4, -0.2) is 52.2 Å². The number of hydrogen-bond donors (Lipinski definition) is 0. The van der Waals surface area contributed by atoms with E-state index in [1.165, 1.54) is 70.0 Å². The van der Waals surface area contributed by atoms with Gasteiger partial charge in [-0.3, -0.25) is 19.6 Å². The predicted molar refractivity (Wildman–Crippen MR) is 197 cm³/mol. The maximum Gasteiger partial charge on any atom is 0.226 e. The third-order valence-electron chi connectivity index (χ3n) is 12.0. The highest BCUT2D eigenvalue weighted by molar-refractivity contribution is 5.99. The number of fused-ring (bicyclic) bond motifs is 5. The number of benzene rings is 2. The zero-order valence-corrected chi connectivity index (χ0v) is 28.8. The molecule has 4 fully saturated rings. The van der Waals surface area contributed by atoms with E-state index in [4.69, 9.17) is 5.26 Å². The first-order valence-electron chi connectivity index (χ1n) is 18.6. The van der Waals surface area contributed by atoms with Crippen LogP contribution in [-0.2, 0) is 16.0 Å². The molecule has 3 saturated carbocycles. The highest BCUT2D eigenvalue weighted by Gasteiger charge is 2.44. The number of piperazine rings is 1. The Kier molecular flexibility index (Phi) is 7.79. The summed E-state index contributed by atoms with van der Waals surface area (Å²) in [7, 11) is 0. The molecule has 0 radical (unpaired) electrons. The summed E-state index contributed by atoms with van der Waals surface area (Å²) in [6, 6.07) is 14.0. The number of allylic oxidation sites excluding steroid dienone is 4. The van der Waals surface area contributed by atoms with E-state index in [1.54, 1.807) is 31.7 Å². The number of nitrogens with zero attached hydrogens (tertiary/aromatic N) is 5. The summed E-state index contributed by atoms with van der Waals surface area (Å²) in [5.41, 5.74) is 8.96. The lowest BCUT2D eigenvalue weighted by Gasteiger charge is -2.43. The number of aromatic nitrogens is 2. The number of carbonyl (C=O) groups excluding carboxylic acids is 2. The van der Waals surface area contributed by atoms with Gasteiger partial charge in [0.15, 0.2) is 0 Å². The second-order valence-corrected chi connectivity index (χ2v) is 15.3. The molecule has 10 rings (SSSR count). The Bertz CT molecular complexity index is 2140. The Morgan fingerprint density at radius 2 is 1.74 bits per heavy atom. The molecular formula is C43H43N5O2. The number of carbonyl (C=O) groups is 2. The van der Waals surface area contributed by atoms with Gasteiger partial charge in [0.2, 0.25) is 5.91 Å². The molecular weight excluding hydrogens is 619 g/mol. The van der Waals surface area contributed by atoms with Crippen molar-refractivity contribution < 1.29 is 9.59 Å². The molecule has 1 unspecified atom stereocenters. The van der Waals surface area contributed by atoms with Crippen LogP contribution in [0.2, 0.25) is 0 Å². The van der Waals surface area contributed by atoms with Crippen LogP contribution in [0.1, 0.15) is 86.5 Å². The van der Waals surface area contributed by atoms with Gasteiger partial charge in [0.1, 0.15) is 11.9 Å². The Labute approximate surface area is 293 Å².